The van der Waals surface area contributed by atoms with Crippen LogP contribution in [0.1, 0.15) is 18.5 Å². The van der Waals surface area contributed by atoms with Gasteiger partial charge in [0.15, 0.2) is 11.5 Å². The molecule has 0 saturated heterocycles. The predicted octanol–water partition coefficient (Wildman–Crippen LogP) is 2.46. The van der Waals surface area contributed by atoms with Crippen LogP contribution in [0.5, 0.6) is 11.5 Å². The molecule has 1 unspecified atom stereocenters. The maximum Gasteiger partial charge on any atom is 0.161 e. The second kappa shape index (κ2) is 6.66. The Kier molecular flexibility index (Phi) is 5.49. The van der Waals surface area contributed by atoms with Crippen LogP contribution in [0, 0.1) is 0 Å². The number of nitrogens with two attached hydrogens (primary N) is 1. The summed E-state index contributed by atoms with van der Waals surface area (Å²) in [4.78, 5) is 0. The Morgan fingerprint density at radius 1 is 1.38 bits per heavy atom. The standard InChI is InChI=1S/C12H19NO2S/c1-4-15-12-7-9(10(13)8-16-3)5-6-11(12)14-2/h5-7,10H,4,8,13H2,1-3H3. The van der Waals surface area contributed by atoms with Crippen molar-refractivity contribution in [2.75, 3.05) is 25.7 Å². The third-order valence-corrected chi connectivity index (χ3v) is 2.95. The Hall–Kier alpha value is -0.870. The smallest absolute Gasteiger partial charge is 0.161 e. The predicted molar refractivity (Wildman–Crippen MR) is 69.5 cm³/mol. The van der Waals surface area contributed by atoms with Crippen LogP contribution in [0.3, 0.4) is 0 Å². The van der Waals surface area contributed by atoms with Crippen LogP contribution in [-0.4, -0.2) is 25.7 Å². The van der Waals surface area contributed by atoms with Crippen molar-refractivity contribution in [1.29, 1.82) is 0 Å². The summed E-state index contributed by atoms with van der Waals surface area (Å²) >= 11 is 1.74. The first-order valence-corrected chi connectivity index (χ1v) is 6.67. The second-order valence-corrected chi connectivity index (χ2v) is 4.32. The SMILES string of the molecule is CCOc1cc(C(N)CSC)ccc1OC. The van der Waals surface area contributed by atoms with Crippen LogP contribution in [0.15, 0.2) is 18.2 Å². The van der Waals surface area contributed by atoms with Crippen LogP contribution in [0.2, 0.25) is 0 Å². The van der Waals surface area contributed by atoms with Crippen molar-refractivity contribution in [3.05, 3.63) is 23.8 Å². The van der Waals surface area contributed by atoms with Crippen LogP contribution < -0.4 is 15.2 Å². The molecule has 0 aliphatic heterocycles. The highest BCUT2D eigenvalue weighted by molar-refractivity contribution is 7.98. The van der Waals surface area contributed by atoms with Crippen molar-refractivity contribution < 1.29 is 9.47 Å². The Balaban J connectivity index is 2.91. The minimum atomic E-state index is 0.0418. The maximum absolute atomic E-state index is 6.04. The fourth-order valence-electron chi connectivity index (χ4n) is 1.47. The van der Waals surface area contributed by atoms with Crippen LogP contribution in [0.25, 0.3) is 0 Å². The average Bonchev–Trinajstić information content (AvgIpc) is 2.29. The summed E-state index contributed by atoms with van der Waals surface area (Å²) in [6.45, 7) is 2.57. The number of benzene rings is 1. The molecule has 0 radical (unpaired) electrons. The van der Waals surface area contributed by atoms with E-state index in [1.54, 1.807) is 18.9 Å². The highest BCUT2D eigenvalue weighted by Crippen LogP contribution is 2.30. The van der Waals surface area contributed by atoms with Gasteiger partial charge in [0, 0.05) is 11.8 Å². The van der Waals surface area contributed by atoms with Gasteiger partial charge in [-0.05, 0) is 30.9 Å². The van der Waals surface area contributed by atoms with E-state index in [1.165, 1.54) is 0 Å². The molecule has 0 aliphatic carbocycles. The second-order valence-electron chi connectivity index (χ2n) is 3.41. The molecule has 16 heavy (non-hydrogen) atoms. The number of methoxy groups -OCH3 is 1. The van der Waals surface area contributed by atoms with Crippen LogP contribution in [-0.2, 0) is 0 Å². The first-order chi connectivity index (χ1) is 7.72. The van der Waals surface area contributed by atoms with E-state index in [9.17, 15) is 0 Å². The van der Waals surface area contributed by atoms with Gasteiger partial charge in [0.05, 0.1) is 13.7 Å². The summed E-state index contributed by atoms with van der Waals surface area (Å²) in [7, 11) is 1.64. The monoisotopic (exact) mass is 241 g/mol. The third kappa shape index (κ3) is 3.32. The van der Waals surface area contributed by atoms with Crippen LogP contribution >= 0.6 is 11.8 Å². The quantitative estimate of drug-likeness (QED) is 0.831. The van der Waals surface area contributed by atoms with Gasteiger partial charge in [0.2, 0.25) is 0 Å². The number of hydrogen-bond acceptors (Lipinski definition) is 4. The summed E-state index contributed by atoms with van der Waals surface area (Å²) < 4.78 is 10.7. The molecule has 0 bridgehead atoms. The van der Waals surface area contributed by atoms with Gasteiger partial charge in [-0.2, -0.15) is 11.8 Å². The Labute approximate surface area is 101 Å². The van der Waals surface area contributed by atoms with Crippen molar-refractivity contribution in [1.82, 2.24) is 0 Å². The molecule has 0 saturated carbocycles. The zero-order valence-electron chi connectivity index (χ0n) is 10.0. The molecular weight excluding hydrogens is 222 g/mol. The lowest BCUT2D eigenvalue weighted by atomic mass is 10.1. The molecule has 4 heteroatoms. The minimum absolute atomic E-state index is 0.0418. The first-order valence-electron chi connectivity index (χ1n) is 5.28. The molecule has 2 N–H and O–H groups in total. The highest BCUT2D eigenvalue weighted by atomic mass is 32.2. The molecule has 0 spiro atoms. The first kappa shape index (κ1) is 13.2. The Bertz CT molecular complexity index is 331. The van der Waals surface area contributed by atoms with Crippen molar-refractivity contribution in [3.63, 3.8) is 0 Å². The molecule has 3 nitrogen and oxygen atoms in total. The van der Waals surface area contributed by atoms with Crippen molar-refractivity contribution >= 4 is 11.8 Å². The Morgan fingerprint density at radius 2 is 2.12 bits per heavy atom. The average molecular weight is 241 g/mol. The number of thioether (sulfide) groups is 1. The number of rotatable bonds is 6. The molecule has 90 valence electrons. The third-order valence-electron chi connectivity index (χ3n) is 2.26. The number of hydrogen-bond donors (Lipinski definition) is 1. The van der Waals surface area contributed by atoms with Crippen LogP contribution in [0.4, 0.5) is 0 Å². The summed E-state index contributed by atoms with van der Waals surface area (Å²) in [5, 5.41) is 0. The lowest BCUT2D eigenvalue weighted by Crippen LogP contribution is -2.13. The molecule has 1 rings (SSSR count). The summed E-state index contributed by atoms with van der Waals surface area (Å²) in [5.41, 5.74) is 7.13. The lowest BCUT2D eigenvalue weighted by molar-refractivity contribution is 0.310. The highest BCUT2D eigenvalue weighted by Gasteiger charge is 2.10. The normalized spacial score (nSPS) is 12.2. The molecule has 1 aromatic rings. The fraction of sp³-hybridized carbons (Fsp3) is 0.500. The van der Waals surface area contributed by atoms with Crippen molar-refractivity contribution in [2.24, 2.45) is 5.73 Å². The van der Waals surface area contributed by atoms with E-state index in [-0.39, 0.29) is 6.04 Å². The van der Waals surface area contributed by atoms with E-state index in [0.717, 1.165) is 22.8 Å². The van der Waals surface area contributed by atoms with Gasteiger partial charge in [-0.3, -0.25) is 0 Å². The molecule has 0 amide bonds. The van der Waals surface area contributed by atoms with E-state index in [1.807, 2.05) is 31.4 Å². The molecular formula is C12H19NO2S. The lowest BCUT2D eigenvalue weighted by Gasteiger charge is -2.14. The van der Waals surface area contributed by atoms with Crippen molar-refractivity contribution in [3.8, 4) is 11.5 Å². The summed E-state index contributed by atoms with van der Waals surface area (Å²) in [6, 6.07) is 5.89. The van der Waals surface area contributed by atoms with E-state index >= 15 is 0 Å². The van der Waals surface area contributed by atoms with E-state index in [0.29, 0.717) is 6.61 Å². The topological polar surface area (TPSA) is 44.5 Å². The van der Waals surface area contributed by atoms with Gasteiger partial charge in [-0.1, -0.05) is 6.07 Å². The summed E-state index contributed by atoms with van der Waals surface area (Å²) in [6.07, 6.45) is 2.05. The van der Waals surface area contributed by atoms with Gasteiger partial charge in [-0.25, -0.2) is 0 Å². The van der Waals surface area contributed by atoms with Gasteiger partial charge < -0.3 is 15.2 Å². The molecule has 1 atom stereocenters. The molecule has 0 aromatic heterocycles. The molecule has 1 aromatic carbocycles. The van der Waals surface area contributed by atoms with Gasteiger partial charge >= 0.3 is 0 Å². The van der Waals surface area contributed by atoms with Crippen molar-refractivity contribution in [2.45, 2.75) is 13.0 Å². The van der Waals surface area contributed by atoms with Gasteiger partial charge in [0.1, 0.15) is 0 Å². The van der Waals surface area contributed by atoms with E-state index in [2.05, 4.69) is 0 Å². The largest absolute Gasteiger partial charge is 0.493 e. The molecule has 0 aliphatic rings. The molecule has 0 heterocycles. The molecule has 0 fully saturated rings. The Morgan fingerprint density at radius 3 is 2.69 bits per heavy atom. The van der Waals surface area contributed by atoms with Gasteiger partial charge in [-0.15, -0.1) is 0 Å². The van der Waals surface area contributed by atoms with E-state index < -0.39 is 0 Å². The minimum Gasteiger partial charge on any atom is -0.493 e. The summed E-state index contributed by atoms with van der Waals surface area (Å²) in [5.74, 6) is 2.42. The maximum atomic E-state index is 6.04. The van der Waals surface area contributed by atoms with Gasteiger partial charge in [0.25, 0.3) is 0 Å². The number of ether oxygens (including phenoxy) is 2. The van der Waals surface area contributed by atoms with E-state index in [4.69, 9.17) is 15.2 Å². The zero-order valence-corrected chi connectivity index (χ0v) is 10.8. The fourth-order valence-corrected chi connectivity index (χ4v) is 2.02. The zero-order chi connectivity index (χ0) is 12.0.